The quantitative estimate of drug-likeness (QED) is 0.709. The van der Waals surface area contributed by atoms with E-state index in [1.807, 2.05) is 25.1 Å². The summed E-state index contributed by atoms with van der Waals surface area (Å²) < 4.78 is 0.380. The standard InChI is InChI=1S/C14H12N2OS2/c1-8-10(7-9-5-3-2-4-6-9)19-13-11(8)12(17)15-14(18)16-13/h2-6H,7H2,1H3,(H2,15,16,17,18). The van der Waals surface area contributed by atoms with E-state index >= 15 is 0 Å². The van der Waals surface area contributed by atoms with Crippen LogP contribution in [0.3, 0.4) is 0 Å². The third-order valence-electron chi connectivity index (χ3n) is 3.13. The SMILES string of the molecule is Cc1c(Cc2ccccc2)sc2[nH]c(=S)[nH]c(=O)c12. The van der Waals surface area contributed by atoms with Gasteiger partial charge in [-0.1, -0.05) is 30.3 Å². The van der Waals surface area contributed by atoms with Crippen LogP contribution in [0.1, 0.15) is 16.0 Å². The number of hydrogen-bond donors (Lipinski definition) is 2. The van der Waals surface area contributed by atoms with Gasteiger partial charge in [0.25, 0.3) is 5.56 Å². The molecule has 3 nitrogen and oxygen atoms in total. The molecule has 3 aromatic rings. The zero-order valence-electron chi connectivity index (χ0n) is 10.3. The van der Waals surface area contributed by atoms with Crippen molar-refractivity contribution < 1.29 is 0 Å². The molecule has 2 aromatic heterocycles. The van der Waals surface area contributed by atoms with Crippen molar-refractivity contribution in [2.45, 2.75) is 13.3 Å². The Hall–Kier alpha value is -1.72. The normalized spacial score (nSPS) is 11.0. The van der Waals surface area contributed by atoms with E-state index in [4.69, 9.17) is 12.2 Å². The molecule has 96 valence electrons. The van der Waals surface area contributed by atoms with Gasteiger partial charge in [-0.3, -0.25) is 9.78 Å². The Labute approximate surface area is 119 Å². The molecule has 1 aromatic carbocycles. The van der Waals surface area contributed by atoms with Crippen LogP contribution in [-0.4, -0.2) is 9.97 Å². The van der Waals surface area contributed by atoms with E-state index in [2.05, 4.69) is 22.1 Å². The van der Waals surface area contributed by atoms with E-state index in [0.717, 1.165) is 22.2 Å². The molecular formula is C14H12N2OS2. The predicted molar refractivity (Wildman–Crippen MR) is 81.6 cm³/mol. The second-order valence-corrected chi connectivity index (χ2v) is 5.94. The van der Waals surface area contributed by atoms with E-state index in [0.29, 0.717) is 4.77 Å². The number of H-pyrrole nitrogens is 2. The topological polar surface area (TPSA) is 48.6 Å². The second kappa shape index (κ2) is 4.75. The average Bonchev–Trinajstić information content (AvgIpc) is 2.67. The van der Waals surface area contributed by atoms with Crippen LogP contribution in [0.15, 0.2) is 35.1 Å². The zero-order chi connectivity index (χ0) is 13.4. The lowest BCUT2D eigenvalue weighted by Crippen LogP contribution is -2.07. The van der Waals surface area contributed by atoms with Crippen LogP contribution in [0.4, 0.5) is 0 Å². The molecule has 0 bridgehead atoms. The monoisotopic (exact) mass is 288 g/mol. The minimum atomic E-state index is -0.105. The molecule has 0 saturated carbocycles. The smallest absolute Gasteiger partial charge is 0.260 e. The maximum Gasteiger partial charge on any atom is 0.260 e. The highest BCUT2D eigenvalue weighted by Gasteiger charge is 2.12. The number of benzene rings is 1. The van der Waals surface area contributed by atoms with E-state index in [-0.39, 0.29) is 5.56 Å². The summed E-state index contributed by atoms with van der Waals surface area (Å²) in [4.78, 5) is 19.7. The van der Waals surface area contributed by atoms with E-state index in [1.165, 1.54) is 10.4 Å². The molecule has 0 fully saturated rings. The summed E-state index contributed by atoms with van der Waals surface area (Å²) in [5, 5.41) is 0.726. The lowest BCUT2D eigenvalue weighted by atomic mass is 10.1. The fourth-order valence-electron chi connectivity index (χ4n) is 2.17. The van der Waals surface area contributed by atoms with Gasteiger partial charge in [0.05, 0.1) is 5.39 Å². The van der Waals surface area contributed by atoms with Crippen LogP contribution < -0.4 is 5.56 Å². The van der Waals surface area contributed by atoms with Crippen molar-refractivity contribution in [1.29, 1.82) is 0 Å². The van der Waals surface area contributed by atoms with Gasteiger partial charge in [-0.25, -0.2) is 0 Å². The zero-order valence-corrected chi connectivity index (χ0v) is 12.0. The van der Waals surface area contributed by atoms with Gasteiger partial charge in [-0.15, -0.1) is 11.3 Å². The predicted octanol–water partition coefficient (Wildman–Crippen LogP) is 3.55. The van der Waals surface area contributed by atoms with Gasteiger partial charge < -0.3 is 4.98 Å². The van der Waals surface area contributed by atoms with E-state index < -0.39 is 0 Å². The number of aromatic amines is 2. The summed E-state index contributed by atoms with van der Waals surface area (Å²) in [6.45, 7) is 1.99. The highest BCUT2D eigenvalue weighted by Crippen LogP contribution is 2.28. The van der Waals surface area contributed by atoms with Crippen LogP contribution in [0, 0.1) is 11.7 Å². The minimum Gasteiger partial charge on any atom is -0.323 e. The number of hydrogen-bond acceptors (Lipinski definition) is 3. The Kier molecular flexibility index (Phi) is 3.08. The molecular weight excluding hydrogens is 276 g/mol. The van der Waals surface area contributed by atoms with Gasteiger partial charge in [0.2, 0.25) is 0 Å². The molecule has 0 radical (unpaired) electrons. The van der Waals surface area contributed by atoms with Crippen molar-refractivity contribution >= 4 is 33.8 Å². The van der Waals surface area contributed by atoms with Crippen LogP contribution in [0.2, 0.25) is 0 Å². The third-order valence-corrected chi connectivity index (χ3v) is 4.55. The van der Waals surface area contributed by atoms with E-state index in [1.54, 1.807) is 11.3 Å². The molecule has 0 saturated heterocycles. The molecule has 0 amide bonds. The molecule has 0 atom stereocenters. The van der Waals surface area contributed by atoms with Gasteiger partial charge in [0.1, 0.15) is 4.83 Å². The highest BCUT2D eigenvalue weighted by molar-refractivity contribution is 7.71. The number of thiophene rings is 1. The molecule has 5 heteroatoms. The lowest BCUT2D eigenvalue weighted by Gasteiger charge is -1.99. The minimum absolute atomic E-state index is 0.105. The van der Waals surface area contributed by atoms with Crippen LogP contribution in [0.5, 0.6) is 0 Å². The first-order chi connectivity index (χ1) is 9.15. The summed E-state index contributed by atoms with van der Waals surface area (Å²) in [6, 6.07) is 10.2. The number of rotatable bonds is 2. The van der Waals surface area contributed by atoms with Crippen molar-refractivity contribution in [1.82, 2.24) is 9.97 Å². The summed E-state index contributed by atoms with van der Waals surface area (Å²) in [5.74, 6) is 0. The Morgan fingerprint density at radius 1 is 1.21 bits per heavy atom. The fourth-order valence-corrected chi connectivity index (χ4v) is 3.67. The summed E-state index contributed by atoms with van der Waals surface area (Å²) in [6.07, 6.45) is 0.839. The molecule has 3 rings (SSSR count). The van der Waals surface area contributed by atoms with Crippen molar-refractivity contribution in [3.8, 4) is 0 Å². The number of aromatic nitrogens is 2. The van der Waals surface area contributed by atoms with Crippen molar-refractivity contribution in [3.63, 3.8) is 0 Å². The lowest BCUT2D eigenvalue weighted by molar-refractivity contribution is 1.14. The Morgan fingerprint density at radius 3 is 2.68 bits per heavy atom. The van der Waals surface area contributed by atoms with Crippen LogP contribution >= 0.6 is 23.6 Å². The van der Waals surface area contributed by atoms with Crippen LogP contribution in [-0.2, 0) is 6.42 Å². The first-order valence-corrected chi connectivity index (χ1v) is 7.16. The van der Waals surface area contributed by atoms with Crippen LogP contribution in [0.25, 0.3) is 10.2 Å². The summed E-state index contributed by atoms with van der Waals surface area (Å²) in [5.41, 5.74) is 2.18. The van der Waals surface area contributed by atoms with Crippen molar-refractivity contribution in [3.05, 3.63) is 61.5 Å². The molecule has 19 heavy (non-hydrogen) atoms. The fraction of sp³-hybridized carbons (Fsp3) is 0.143. The molecule has 0 aliphatic carbocycles. The average molecular weight is 288 g/mol. The maximum atomic E-state index is 12.0. The largest absolute Gasteiger partial charge is 0.323 e. The molecule has 2 N–H and O–H groups in total. The molecule has 0 spiro atoms. The Morgan fingerprint density at radius 2 is 1.95 bits per heavy atom. The molecule has 0 unspecified atom stereocenters. The Bertz CT molecular complexity index is 843. The summed E-state index contributed by atoms with van der Waals surface area (Å²) in [7, 11) is 0. The molecule has 2 heterocycles. The second-order valence-electron chi connectivity index (χ2n) is 4.42. The van der Waals surface area contributed by atoms with Gasteiger partial charge in [-0.2, -0.15) is 0 Å². The number of aryl methyl sites for hydroxylation is 1. The number of fused-ring (bicyclic) bond motifs is 1. The first kappa shape index (κ1) is 12.3. The highest BCUT2D eigenvalue weighted by atomic mass is 32.1. The van der Waals surface area contributed by atoms with E-state index in [9.17, 15) is 4.79 Å². The van der Waals surface area contributed by atoms with Gasteiger partial charge >= 0.3 is 0 Å². The molecule has 0 aliphatic heterocycles. The van der Waals surface area contributed by atoms with Gasteiger partial charge in [-0.05, 0) is 30.3 Å². The van der Waals surface area contributed by atoms with Gasteiger partial charge in [0.15, 0.2) is 4.77 Å². The Balaban J connectivity index is 2.16. The van der Waals surface area contributed by atoms with Crippen molar-refractivity contribution in [2.75, 3.05) is 0 Å². The number of nitrogens with one attached hydrogen (secondary N) is 2. The van der Waals surface area contributed by atoms with Gasteiger partial charge in [0, 0.05) is 11.3 Å². The first-order valence-electron chi connectivity index (χ1n) is 5.93. The summed E-state index contributed by atoms with van der Waals surface area (Å²) >= 11 is 6.61. The third kappa shape index (κ3) is 2.27. The molecule has 0 aliphatic rings. The van der Waals surface area contributed by atoms with Crippen molar-refractivity contribution in [2.24, 2.45) is 0 Å². The maximum absolute atomic E-state index is 12.0.